The van der Waals surface area contributed by atoms with E-state index in [9.17, 15) is 15.8 Å². The van der Waals surface area contributed by atoms with E-state index in [1.54, 1.807) is 24.3 Å². The van der Waals surface area contributed by atoms with Crippen LogP contribution in [0.25, 0.3) is 70.2 Å². The molecule has 46 heavy (non-hydrogen) atoms. The van der Waals surface area contributed by atoms with Crippen molar-refractivity contribution in [1.29, 1.82) is 15.8 Å². The topological polar surface area (TPSA) is 84.5 Å². The molecular weight excluding hydrogens is 564 g/mol. The summed E-state index contributed by atoms with van der Waals surface area (Å²) in [5.41, 5.74) is 11.6. The molecule has 0 bridgehead atoms. The van der Waals surface area contributed by atoms with Gasteiger partial charge >= 0.3 is 0 Å². The van der Waals surface area contributed by atoms with Crippen molar-refractivity contribution in [1.82, 2.24) is 0 Å². The molecule has 0 aromatic heterocycles. The van der Waals surface area contributed by atoms with E-state index in [1.165, 1.54) is 0 Å². The number of hydrogen-bond acceptors (Lipinski definition) is 3. The highest BCUT2D eigenvalue weighted by molar-refractivity contribution is 6.11. The summed E-state index contributed by atoms with van der Waals surface area (Å²) < 4.78 is 0. The van der Waals surface area contributed by atoms with Crippen LogP contribution in [0.4, 0.5) is 5.69 Å². The molecule has 0 aliphatic heterocycles. The molecule has 0 N–H and O–H groups in total. The van der Waals surface area contributed by atoms with Gasteiger partial charge in [-0.05, 0) is 109 Å². The van der Waals surface area contributed by atoms with Gasteiger partial charge in [0.15, 0.2) is 5.69 Å². The van der Waals surface area contributed by atoms with E-state index in [2.05, 4.69) is 32.7 Å². The van der Waals surface area contributed by atoms with Crippen LogP contribution >= 0.6 is 0 Å². The van der Waals surface area contributed by atoms with Crippen LogP contribution in [0.3, 0.4) is 0 Å². The molecule has 0 heterocycles. The minimum Gasteiger partial charge on any atom is -0.238 e. The van der Waals surface area contributed by atoms with Crippen LogP contribution in [-0.4, -0.2) is 0 Å². The lowest BCUT2D eigenvalue weighted by molar-refractivity contribution is 1.48. The Hall–Kier alpha value is -7.48. The van der Waals surface area contributed by atoms with Gasteiger partial charge in [-0.3, -0.25) is 0 Å². The maximum absolute atomic E-state index is 10.0. The van der Waals surface area contributed by atoms with E-state index in [4.69, 9.17) is 19.7 Å². The van der Waals surface area contributed by atoms with E-state index in [1.807, 2.05) is 72.8 Å². The third-order valence-electron chi connectivity index (χ3n) is 8.40. The summed E-state index contributed by atoms with van der Waals surface area (Å²) in [6, 6.07) is 36.6. The number of nitrogens with zero attached hydrogens (tertiary/aromatic N) is 6. The molecule has 5 aromatic rings. The highest BCUT2D eigenvalue weighted by Gasteiger charge is 2.33. The van der Waals surface area contributed by atoms with Crippen LogP contribution in [-0.2, 0) is 0 Å². The van der Waals surface area contributed by atoms with Gasteiger partial charge in [-0.1, -0.05) is 54.6 Å². The predicted molar refractivity (Wildman–Crippen MR) is 176 cm³/mol. The zero-order chi connectivity index (χ0) is 31.9. The second-order valence-electron chi connectivity index (χ2n) is 10.7. The SMILES string of the molecule is [C-]#[N+]C(C#N)=C1c2cc(-c3cccc(C#N)c3)ccc2-c2cc3c(cc21)-c1ccc(-c2cccc([N+]#[C-])c2)cc1C3=C(C#N)[N+]#[C-]. The van der Waals surface area contributed by atoms with Gasteiger partial charge in [-0.15, -0.1) is 0 Å². The molecule has 206 valence electrons. The largest absolute Gasteiger partial charge is 0.270 e. The molecule has 2 aliphatic carbocycles. The summed E-state index contributed by atoms with van der Waals surface area (Å²) in [7, 11) is 0. The fourth-order valence-corrected chi connectivity index (χ4v) is 6.39. The molecule has 6 heteroatoms. The molecular formula is C40H16N6. The first-order valence-electron chi connectivity index (χ1n) is 14.0. The Bertz CT molecular complexity index is 2330. The quantitative estimate of drug-likeness (QED) is 0.151. The van der Waals surface area contributed by atoms with Crippen LogP contribution in [0.2, 0.25) is 0 Å². The normalized spacial score (nSPS) is 13.6. The molecule has 2 aliphatic rings. The van der Waals surface area contributed by atoms with Crippen LogP contribution in [0.15, 0.2) is 108 Å². The standard InChI is InChI=1S/C40H16N6/c1-44-28-9-5-8-25(15-28)27-11-13-30-32-19-35-31(18-36(32)40(34(30)17-27)38(22-43)46-3)29-12-10-26(24-7-4-6-23(14-24)20-41)16-33(29)39(35)37(21-42)45-2/h4-19H. The van der Waals surface area contributed by atoms with Gasteiger partial charge in [0.05, 0.1) is 43.5 Å². The molecule has 0 saturated carbocycles. The number of rotatable bonds is 2. The van der Waals surface area contributed by atoms with Gasteiger partial charge in [-0.2, -0.15) is 5.26 Å². The van der Waals surface area contributed by atoms with Gasteiger partial charge in [0, 0.05) is 11.1 Å². The highest BCUT2D eigenvalue weighted by Crippen LogP contribution is 2.54. The smallest absolute Gasteiger partial charge is 0.238 e. The van der Waals surface area contributed by atoms with Crippen molar-refractivity contribution in [2.75, 3.05) is 0 Å². The Morgan fingerprint density at radius 2 is 0.957 bits per heavy atom. The molecule has 0 radical (unpaired) electrons. The molecule has 0 spiro atoms. The number of benzene rings is 5. The number of nitriles is 3. The summed E-state index contributed by atoms with van der Waals surface area (Å²) >= 11 is 0. The summed E-state index contributed by atoms with van der Waals surface area (Å²) in [5, 5.41) is 29.5. The van der Waals surface area contributed by atoms with E-state index in [0.29, 0.717) is 22.4 Å². The van der Waals surface area contributed by atoms with Gasteiger partial charge in [-0.25, -0.2) is 25.1 Å². The minimum absolute atomic E-state index is 0.0346. The minimum atomic E-state index is -0.0363. The Morgan fingerprint density at radius 3 is 1.43 bits per heavy atom. The molecule has 0 amide bonds. The van der Waals surface area contributed by atoms with E-state index >= 15 is 0 Å². The maximum Gasteiger partial charge on any atom is 0.270 e. The fraction of sp³-hybridized carbons (Fsp3) is 0. The van der Waals surface area contributed by atoms with E-state index in [-0.39, 0.29) is 11.4 Å². The van der Waals surface area contributed by atoms with E-state index in [0.717, 1.165) is 66.8 Å². The van der Waals surface area contributed by atoms with Crippen molar-refractivity contribution in [3.05, 3.63) is 171 Å². The molecule has 0 unspecified atom stereocenters. The summed E-state index contributed by atoms with van der Waals surface area (Å²) in [6.07, 6.45) is 0. The predicted octanol–water partition coefficient (Wildman–Crippen LogP) is 9.81. The van der Waals surface area contributed by atoms with Crippen molar-refractivity contribution < 1.29 is 0 Å². The van der Waals surface area contributed by atoms with Crippen LogP contribution in [0.5, 0.6) is 0 Å². The number of fused-ring (bicyclic) bond motifs is 6. The first-order valence-corrected chi connectivity index (χ1v) is 14.0. The molecule has 0 fully saturated rings. The second kappa shape index (κ2) is 10.7. The summed E-state index contributed by atoms with van der Waals surface area (Å²) in [6.45, 7) is 23.1. The average molecular weight is 581 g/mol. The maximum atomic E-state index is 10.0. The summed E-state index contributed by atoms with van der Waals surface area (Å²) in [5.74, 6) is 0. The van der Waals surface area contributed by atoms with Crippen molar-refractivity contribution in [3.8, 4) is 62.7 Å². The van der Waals surface area contributed by atoms with Gasteiger partial charge in [0.25, 0.3) is 11.4 Å². The third-order valence-corrected chi connectivity index (χ3v) is 8.40. The number of hydrogen-bond donors (Lipinski definition) is 0. The zero-order valence-electron chi connectivity index (χ0n) is 23.9. The number of allylic oxidation sites excluding steroid dienone is 2. The van der Waals surface area contributed by atoms with Crippen LogP contribution in [0, 0.1) is 53.7 Å². The van der Waals surface area contributed by atoms with Crippen LogP contribution < -0.4 is 0 Å². The van der Waals surface area contributed by atoms with Crippen molar-refractivity contribution in [3.63, 3.8) is 0 Å². The van der Waals surface area contributed by atoms with Gasteiger partial charge in [0.2, 0.25) is 0 Å². The molecule has 0 atom stereocenters. The first-order chi connectivity index (χ1) is 22.5. The Kier molecular flexibility index (Phi) is 6.34. The lowest BCUT2D eigenvalue weighted by Gasteiger charge is -2.09. The van der Waals surface area contributed by atoms with E-state index < -0.39 is 0 Å². The van der Waals surface area contributed by atoms with Crippen molar-refractivity contribution in [2.45, 2.75) is 0 Å². The fourth-order valence-electron chi connectivity index (χ4n) is 6.39. The Labute approximate surface area is 265 Å². The molecule has 0 saturated heterocycles. The average Bonchev–Trinajstić information content (AvgIpc) is 3.60. The molecule has 5 aromatic carbocycles. The third kappa shape index (κ3) is 4.06. The highest BCUT2D eigenvalue weighted by atomic mass is 14.7. The monoisotopic (exact) mass is 580 g/mol. The second-order valence-corrected chi connectivity index (χ2v) is 10.7. The lowest BCUT2D eigenvalue weighted by atomic mass is 9.95. The van der Waals surface area contributed by atoms with Crippen LogP contribution in [0.1, 0.15) is 27.8 Å². The van der Waals surface area contributed by atoms with Gasteiger partial charge < -0.3 is 0 Å². The van der Waals surface area contributed by atoms with Gasteiger partial charge in [0.1, 0.15) is 0 Å². The molecule has 6 nitrogen and oxygen atoms in total. The first kappa shape index (κ1) is 27.4. The lowest BCUT2D eigenvalue weighted by Crippen LogP contribution is -1.90. The van der Waals surface area contributed by atoms with Crippen molar-refractivity contribution in [2.24, 2.45) is 0 Å². The summed E-state index contributed by atoms with van der Waals surface area (Å²) in [4.78, 5) is 10.7. The Morgan fingerprint density at radius 1 is 0.478 bits per heavy atom. The molecule has 7 rings (SSSR count). The zero-order valence-corrected chi connectivity index (χ0v) is 23.9. The Balaban J connectivity index is 1.48. The van der Waals surface area contributed by atoms with Crippen molar-refractivity contribution >= 4 is 16.8 Å².